The Morgan fingerprint density at radius 1 is 0.500 bits per heavy atom. The molecule has 3 heterocycles. The van der Waals surface area contributed by atoms with Crippen molar-refractivity contribution < 1.29 is 4.42 Å². The third-order valence-corrected chi connectivity index (χ3v) is 14.7. The quantitative estimate of drug-likeness (QED) is 0.178. The lowest BCUT2D eigenvalue weighted by molar-refractivity contribution is 0.324. The lowest BCUT2D eigenvalue weighted by Gasteiger charge is -2.49. The summed E-state index contributed by atoms with van der Waals surface area (Å²) < 4.78 is 8.83. The van der Waals surface area contributed by atoms with Crippen LogP contribution in [0.1, 0.15) is 23.6 Å². The first kappa shape index (κ1) is 33.9. The number of rotatable bonds is 3. The molecule has 10 aromatic rings. The molecule has 0 radical (unpaired) electrons. The standard InChI is InChI=1S/C56H38N2OS/c1-55-31-15-14-28-54(55)56(45-20-6-5-19-44(45)55)46-21-7-12-26-52(46)60-53-27-13-10-24-49(53)58(56)39-33-37(36-29-30-51-43(34-36)42-18-4-11-25-50(42)59-51)32-38(35-39)57-47-22-8-2-16-40(47)41-17-3-9-23-48(41)57/h2-35,54H,1H3. The van der Waals surface area contributed by atoms with Gasteiger partial charge in [-0.3, -0.25) is 0 Å². The molecule has 0 fully saturated rings. The van der Waals surface area contributed by atoms with Gasteiger partial charge in [-0.05, 0) is 94.5 Å². The number of hydrogen-bond donors (Lipinski definition) is 0. The second-order valence-corrected chi connectivity index (χ2v) is 17.7. The van der Waals surface area contributed by atoms with Gasteiger partial charge in [0, 0.05) is 54.0 Å². The molecule has 8 aromatic carbocycles. The Labute approximate surface area is 352 Å². The van der Waals surface area contributed by atoms with Crippen molar-refractivity contribution in [3.05, 3.63) is 223 Å². The van der Waals surface area contributed by atoms with Gasteiger partial charge in [0.2, 0.25) is 0 Å². The van der Waals surface area contributed by atoms with Crippen LogP contribution in [0, 0.1) is 5.92 Å². The summed E-state index contributed by atoms with van der Waals surface area (Å²) in [7, 11) is 0. The minimum Gasteiger partial charge on any atom is -0.456 e. The van der Waals surface area contributed by atoms with Gasteiger partial charge in [0.05, 0.1) is 16.7 Å². The molecule has 0 amide bonds. The molecule has 3 atom stereocenters. The number of allylic oxidation sites excluding steroid dienone is 3. The Hall–Kier alpha value is -7.01. The number of fused-ring (bicyclic) bond motifs is 14. The first-order chi connectivity index (χ1) is 29.6. The topological polar surface area (TPSA) is 21.3 Å². The van der Waals surface area contributed by atoms with E-state index in [1.54, 1.807) is 0 Å². The van der Waals surface area contributed by atoms with Crippen LogP contribution >= 0.6 is 11.8 Å². The Kier molecular flexibility index (Phi) is 7.06. The van der Waals surface area contributed by atoms with Crippen molar-refractivity contribution in [3.63, 3.8) is 0 Å². The Morgan fingerprint density at radius 2 is 1.13 bits per heavy atom. The molecule has 3 nitrogen and oxygen atoms in total. The van der Waals surface area contributed by atoms with Crippen LogP contribution in [0.2, 0.25) is 0 Å². The lowest BCUT2D eigenvalue weighted by Crippen LogP contribution is -2.50. The first-order valence-electron chi connectivity index (χ1n) is 20.8. The van der Waals surface area contributed by atoms with Gasteiger partial charge in [-0.25, -0.2) is 0 Å². The van der Waals surface area contributed by atoms with Crippen LogP contribution in [0.4, 0.5) is 11.4 Å². The highest BCUT2D eigenvalue weighted by molar-refractivity contribution is 7.99. The molecular formula is C56H38N2OS. The Balaban J connectivity index is 1.18. The smallest absolute Gasteiger partial charge is 0.135 e. The van der Waals surface area contributed by atoms with Gasteiger partial charge in [0.15, 0.2) is 0 Å². The number of furan rings is 1. The number of benzene rings is 8. The molecule has 3 unspecified atom stereocenters. The second kappa shape index (κ2) is 12.5. The number of anilines is 2. The molecule has 0 saturated carbocycles. The Morgan fingerprint density at radius 3 is 1.95 bits per heavy atom. The van der Waals surface area contributed by atoms with Crippen LogP contribution in [0.3, 0.4) is 0 Å². The largest absolute Gasteiger partial charge is 0.456 e. The second-order valence-electron chi connectivity index (χ2n) is 16.6. The summed E-state index contributed by atoms with van der Waals surface area (Å²) in [4.78, 5) is 5.25. The monoisotopic (exact) mass is 786 g/mol. The van der Waals surface area contributed by atoms with Crippen molar-refractivity contribution in [2.75, 3.05) is 4.90 Å². The van der Waals surface area contributed by atoms with E-state index in [9.17, 15) is 0 Å². The van der Waals surface area contributed by atoms with E-state index >= 15 is 0 Å². The molecule has 13 rings (SSSR count). The van der Waals surface area contributed by atoms with E-state index in [-0.39, 0.29) is 11.3 Å². The maximum absolute atomic E-state index is 6.36. The Bertz CT molecular complexity index is 3420. The van der Waals surface area contributed by atoms with Crippen LogP contribution < -0.4 is 4.90 Å². The summed E-state index contributed by atoms with van der Waals surface area (Å²) in [6, 6.07) is 67.4. The van der Waals surface area contributed by atoms with E-state index in [1.165, 1.54) is 54.0 Å². The minimum absolute atomic E-state index is 0.0781. The SMILES string of the molecule is CC12C=CC=CC1C1(c3ccccc3Sc3ccccc3N1c1cc(-c3ccc4oc5ccccc5c4c3)cc(-n3c4ccccc4c4ccccc43)c1)c1ccccc12. The predicted octanol–water partition coefficient (Wildman–Crippen LogP) is 14.9. The van der Waals surface area contributed by atoms with Crippen LogP contribution in [-0.4, -0.2) is 4.57 Å². The third-order valence-electron chi connectivity index (χ3n) is 13.6. The molecule has 1 spiro atoms. The predicted molar refractivity (Wildman–Crippen MR) is 249 cm³/mol. The van der Waals surface area contributed by atoms with Gasteiger partial charge in [-0.2, -0.15) is 0 Å². The zero-order valence-electron chi connectivity index (χ0n) is 32.9. The number of aromatic nitrogens is 1. The van der Waals surface area contributed by atoms with E-state index in [2.05, 4.69) is 217 Å². The molecule has 60 heavy (non-hydrogen) atoms. The van der Waals surface area contributed by atoms with E-state index in [4.69, 9.17) is 4.42 Å². The van der Waals surface area contributed by atoms with Gasteiger partial charge in [-0.1, -0.05) is 158 Å². The molecule has 2 aliphatic carbocycles. The number of hydrogen-bond acceptors (Lipinski definition) is 3. The molecule has 0 N–H and O–H groups in total. The van der Waals surface area contributed by atoms with Crippen LogP contribution in [0.25, 0.3) is 60.6 Å². The minimum atomic E-state index is -0.607. The molecule has 0 bridgehead atoms. The number of nitrogens with zero attached hydrogens (tertiary/aromatic N) is 2. The summed E-state index contributed by atoms with van der Waals surface area (Å²) in [6.45, 7) is 2.44. The third kappa shape index (κ3) is 4.52. The van der Waals surface area contributed by atoms with Crippen molar-refractivity contribution >= 4 is 66.9 Å². The zero-order valence-corrected chi connectivity index (χ0v) is 33.7. The van der Waals surface area contributed by atoms with E-state index in [1.807, 2.05) is 17.8 Å². The summed E-state index contributed by atoms with van der Waals surface area (Å²) in [5, 5.41) is 4.73. The average Bonchev–Trinajstić information content (AvgIpc) is 3.88. The van der Waals surface area contributed by atoms with Crippen molar-refractivity contribution in [2.24, 2.45) is 5.92 Å². The van der Waals surface area contributed by atoms with Crippen LogP contribution in [0.5, 0.6) is 0 Å². The van der Waals surface area contributed by atoms with E-state index < -0.39 is 5.54 Å². The summed E-state index contributed by atoms with van der Waals surface area (Å²) >= 11 is 1.89. The molecule has 2 aromatic heterocycles. The first-order valence-corrected chi connectivity index (χ1v) is 21.6. The molecule has 0 saturated heterocycles. The summed E-state index contributed by atoms with van der Waals surface area (Å²) in [5.41, 5.74) is 13.1. The highest BCUT2D eigenvalue weighted by Crippen LogP contribution is 2.66. The summed E-state index contributed by atoms with van der Waals surface area (Å²) in [5.74, 6) is 0.0781. The van der Waals surface area contributed by atoms with Crippen molar-refractivity contribution in [3.8, 4) is 16.8 Å². The highest BCUT2D eigenvalue weighted by atomic mass is 32.2. The highest BCUT2D eigenvalue weighted by Gasteiger charge is 2.62. The zero-order chi connectivity index (χ0) is 39.6. The van der Waals surface area contributed by atoms with Gasteiger partial charge >= 0.3 is 0 Å². The van der Waals surface area contributed by atoms with Crippen molar-refractivity contribution in [2.45, 2.75) is 27.7 Å². The average molecular weight is 787 g/mol. The molecular weight excluding hydrogens is 749 g/mol. The van der Waals surface area contributed by atoms with Crippen LogP contribution in [0.15, 0.2) is 221 Å². The van der Waals surface area contributed by atoms with Gasteiger partial charge in [0.25, 0.3) is 0 Å². The van der Waals surface area contributed by atoms with Gasteiger partial charge in [-0.15, -0.1) is 0 Å². The van der Waals surface area contributed by atoms with Gasteiger partial charge in [0.1, 0.15) is 16.7 Å². The molecule has 3 aliphatic rings. The fourth-order valence-corrected chi connectivity index (χ4v) is 12.2. The van der Waals surface area contributed by atoms with E-state index in [0.717, 1.165) is 44.4 Å². The van der Waals surface area contributed by atoms with Gasteiger partial charge < -0.3 is 13.9 Å². The fraction of sp³-hybridized carbons (Fsp3) is 0.0714. The van der Waals surface area contributed by atoms with Crippen molar-refractivity contribution in [1.82, 2.24) is 4.57 Å². The lowest BCUT2D eigenvalue weighted by atomic mass is 9.66. The normalized spacial score (nSPS) is 20.1. The fourth-order valence-electron chi connectivity index (χ4n) is 11.1. The van der Waals surface area contributed by atoms with Crippen molar-refractivity contribution in [1.29, 1.82) is 0 Å². The maximum atomic E-state index is 6.36. The summed E-state index contributed by atoms with van der Waals surface area (Å²) in [6.07, 6.45) is 9.45. The molecule has 1 aliphatic heterocycles. The number of para-hydroxylation sites is 4. The van der Waals surface area contributed by atoms with E-state index in [0.29, 0.717) is 0 Å². The maximum Gasteiger partial charge on any atom is 0.135 e. The van der Waals surface area contributed by atoms with Crippen LogP contribution in [-0.2, 0) is 11.0 Å². The molecule has 4 heteroatoms. The molecule has 284 valence electrons.